The third-order valence-corrected chi connectivity index (χ3v) is 4.42. The molecule has 1 saturated heterocycles. The molecule has 0 aromatic carbocycles. The molecule has 8 nitrogen and oxygen atoms in total. The van der Waals surface area contributed by atoms with Gasteiger partial charge >= 0.3 is 0 Å². The minimum Gasteiger partial charge on any atom is -0.390 e. The van der Waals surface area contributed by atoms with E-state index in [1.807, 2.05) is 0 Å². The number of rotatable bonds is 4. The van der Waals surface area contributed by atoms with Crippen LogP contribution in [0.4, 0.5) is 0 Å². The van der Waals surface area contributed by atoms with Crippen LogP contribution in [0.5, 0.6) is 0 Å². The molecule has 1 aliphatic heterocycles. The first-order valence-corrected chi connectivity index (χ1v) is 7.30. The molecule has 0 saturated carbocycles. The van der Waals surface area contributed by atoms with Crippen molar-refractivity contribution >= 4 is 15.7 Å². The minimum absolute atomic E-state index is 0.00200. The van der Waals surface area contributed by atoms with Gasteiger partial charge in [0.25, 0.3) is 0 Å². The van der Waals surface area contributed by atoms with Gasteiger partial charge in [-0.1, -0.05) is 5.21 Å². The number of sulfone groups is 1. The normalized spacial score (nSPS) is 21.9. The summed E-state index contributed by atoms with van der Waals surface area (Å²) in [5.41, 5.74) is 0.381. The summed E-state index contributed by atoms with van der Waals surface area (Å²) in [6.45, 7) is -0.272. The van der Waals surface area contributed by atoms with Crippen LogP contribution in [0, 0.1) is 0 Å². The molecule has 100 valence electrons. The van der Waals surface area contributed by atoms with Crippen molar-refractivity contribution in [3.05, 3.63) is 11.9 Å². The molecular weight excluding hydrogens is 260 g/mol. The van der Waals surface area contributed by atoms with Gasteiger partial charge in [0.1, 0.15) is 12.2 Å². The second-order valence-corrected chi connectivity index (χ2v) is 6.46. The van der Waals surface area contributed by atoms with E-state index in [0.717, 1.165) is 0 Å². The average molecular weight is 274 g/mol. The molecule has 1 aromatic heterocycles. The van der Waals surface area contributed by atoms with Gasteiger partial charge in [-0.2, -0.15) is 0 Å². The standard InChI is InChI=1S/C9H14N4O4S/c14-5-8-3-13(12-11-8)4-9(15)10-7-1-2-18(16,17)6-7/h3,7,14H,1-2,4-6H2,(H,10,15). The number of carbonyl (C=O) groups is 1. The van der Waals surface area contributed by atoms with Crippen LogP contribution in [0.15, 0.2) is 6.20 Å². The van der Waals surface area contributed by atoms with Crippen molar-refractivity contribution in [2.45, 2.75) is 25.6 Å². The molecular formula is C9H14N4O4S. The van der Waals surface area contributed by atoms with Gasteiger partial charge < -0.3 is 10.4 Å². The number of hydrogen-bond acceptors (Lipinski definition) is 6. The largest absolute Gasteiger partial charge is 0.390 e. The lowest BCUT2D eigenvalue weighted by atomic mass is 10.2. The summed E-state index contributed by atoms with van der Waals surface area (Å²) in [4.78, 5) is 11.6. The maximum atomic E-state index is 11.6. The number of nitrogens with one attached hydrogen (secondary N) is 1. The summed E-state index contributed by atoms with van der Waals surface area (Å²) in [5.74, 6) is -0.194. The van der Waals surface area contributed by atoms with E-state index < -0.39 is 9.84 Å². The van der Waals surface area contributed by atoms with Gasteiger partial charge in [0, 0.05) is 6.04 Å². The molecule has 0 bridgehead atoms. The highest BCUT2D eigenvalue weighted by Crippen LogP contribution is 2.11. The van der Waals surface area contributed by atoms with E-state index in [9.17, 15) is 13.2 Å². The van der Waals surface area contributed by atoms with Crippen LogP contribution in [0.25, 0.3) is 0 Å². The molecule has 1 amide bonds. The van der Waals surface area contributed by atoms with Crippen molar-refractivity contribution in [2.24, 2.45) is 0 Å². The van der Waals surface area contributed by atoms with Crippen molar-refractivity contribution in [3.8, 4) is 0 Å². The fourth-order valence-corrected chi connectivity index (χ4v) is 3.49. The zero-order valence-electron chi connectivity index (χ0n) is 9.61. The molecule has 1 fully saturated rings. The van der Waals surface area contributed by atoms with Crippen molar-refractivity contribution in [2.75, 3.05) is 11.5 Å². The van der Waals surface area contributed by atoms with Crippen LogP contribution in [-0.2, 0) is 27.8 Å². The predicted molar refractivity (Wildman–Crippen MR) is 61.1 cm³/mol. The van der Waals surface area contributed by atoms with Crippen molar-refractivity contribution in [1.29, 1.82) is 0 Å². The topological polar surface area (TPSA) is 114 Å². The van der Waals surface area contributed by atoms with Crippen LogP contribution >= 0.6 is 0 Å². The molecule has 0 aliphatic carbocycles. The first-order chi connectivity index (χ1) is 8.48. The molecule has 2 N–H and O–H groups in total. The van der Waals surface area contributed by atoms with Crippen molar-refractivity contribution in [1.82, 2.24) is 20.3 Å². The molecule has 9 heteroatoms. The smallest absolute Gasteiger partial charge is 0.242 e. The molecule has 2 heterocycles. The first kappa shape index (κ1) is 13.0. The van der Waals surface area contributed by atoms with E-state index in [4.69, 9.17) is 5.11 Å². The lowest BCUT2D eigenvalue weighted by molar-refractivity contribution is -0.122. The molecule has 18 heavy (non-hydrogen) atoms. The minimum atomic E-state index is -3.00. The number of amides is 1. The second kappa shape index (κ2) is 5.02. The number of aliphatic hydroxyl groups is 1. The Morgan fingerprint density at radius 1 is 1.61 bits per heavy atom. The third kappa shape index (κ3) is 3.26. The number of nitrogens with zero attached hydrogens (tertiary/aromatic N) is 3. The SMILES string of the molecule is O=C(Cn1cc(CO)nn1)NC1CCS(=O)(=O)C1. The van der Waals surface area contributed by atoms with Crippen LogP contribution in [0.2, 0.25) is 0 Å². The summed E-state index contributed by atoms with van der Waals surface area (Å²) in [5, 5.41) is 18.7. The number of carbonyl (C=O) groups excluding carboxylic acids is 1. The Morgan fingerprint density at radius 2 is 2.39 bits per heavy atom. The van der Waals surface area contributed by atoms with Gasteiger partial charge in [0.05, 0.1) is 24.3 Å². The van der Waals surface area contributed by atoms with Gasteiger partial charge in [-0.15, -0.1) is 5.10 Å². The Morgan fingerprint density at radius 3 is 2.94 bits per heavy atom. The third-order valence-electron chi connectivity index (χ3n) is 2.65. The Hall–Kier alpha value is -1.48. The lowest BCUT2D eigenvalue weighted by Crippen LogP contribution is -2.37. The van der Waals surface area contributed by atoms with Crippen LogP contribution < -0.4 is 5.32 Å². The van der Waals surface area contributed by atoms with E-state index in [-0.39, 0.29) is 36.6 Å². The second-order valence-electron chi connectivity index (χ2n) is 4.23. The highest BCUT2D eigenvalue weighted by Gasteiger charge is 2.28. The van der Waals surface area contributed by atoms with E-state index in [1.165, 1.54) is 10.9 Å². The zero-order valence-corrected chi connectivity index (χ0v) is 10.4. The Kier molecular flexibility index (Phi) is 3.62. The molecule has 0 radical (unpaired) electrons. The van der Waals surface area contributed by atoms with Gasteiger partial charge in [-0.05, 0) is 6.42 Å². The van der Waals surface area contributed by atoms with Crippen molar-refractivity contribution in [3.63, 3.8) is 0 Å². The molecule has 1 aromatic rings. The summed E-state index contributed by atoms with van der Waals surface area (Å²) >= 11 is 0. The number of aliphatic hydroxyl groups excluding tert-OH is 1. The Bertz CT molecular complexity index is 539. The maximum Gasteiger partial charge on any atom is 0.242 e. The summed E-state index contributed by atoms with van der Waals surface area (Å²) < 4.78 is 23.7. The highest BCUT2D eigenvalue weighted by molar-refractivity contribution is 7.91. The van der Waals surface area contributed by atoms with E-state index in [0.29, 0.717) is 12.1 Å². The zero-order chi connectivity index (χ0) is 13.2. The van der Waals surface area contributed by atoms with Crippen LogP contribution in [-0.4, -0.2) is 52.0 Å². The van der Waals surface area contributed by atoms with E-state index >= 15 is 0 Å². The molecule has 0 spiro atoms. The van der Waals surface area contributed by atoms with E-state index in [1.54, 1.807) is 0 Å². The Labute approximate surface area is 104 Å². The monoisotopic (exact) mass is 274 g/mol. The first-order valence-electron chi connectivity index (χ1n) is 5.48. The van der Waals surface area contributed by atoms with Gasteiger partial charge in [0.15, 0.2) is 9.84 Å². The molecule has 1 unspecified atom stereocenters. The van der Waals surface area contributed by atoms with Crippen molar-refractivity contribution < 1.29 is 18.3 Å². The predicted octanol–water partition coefficient (Wildman–Crippen LogP) is -1.93. The quantitative estimate of drug-likeness (QED) is 0.661. The summed E-state index contributed by atoms with van der Waals surface area (Å²) in [6.07, 6.45) is 1.91. The fourth-order valence-electron chi connectivity index (χ4n) is 1.82. The van der Waals surface area contributed by atoms with Gasteiger partial charge in [-0.3, -0.25) is 4.79 Å². The molecule has 1 atom stereocenters. The maximum absolute atomic E-state index is 11.6. The van der Waals surface area contributed by atoms with Gasteiger partial charge in [0.2, 0.25) is 5.91 Å². The molecule has 1 aliphatic rings. The molecule has 2 rings (SSSR count). The number of hydrogen-bond donors (Lipinski definition) is 2. The van der Waals surface area contributed by atoms with Crippen LogP contribution in [0.3, 0.4) is 0 Å². The number of aromatic nitrogens is 3. The summed E-state index contributed by atoms with van der Waals surface area (Å²) in [6, 6.07) is -0.316. The van der Waals surface area contributed by atoms with Crippen LogP contribution in [0.1, 0.15) is 12.1 Å². The Balaban J connectivity index is 1.86. The average Bonchev–Trinajstić information content (AvgIpc) is 2.85. The highest BCUT2D eigenvalue weighted by atomic mass is 32.2. The summed E-state index contributed by atoms with van der Waals surface area (Å²) in [7, 11) is -3.00. The van der Waals surface area contributed by atoms with E-state index in [2.05, 4.69) is 15.6 Å². The van der Waals surface area contributed by atoms with Gasteiger partial charge in [-0.25, -0.2) is 13.1 Å². The fraction of sp³-hybridized carbons (Fsp3) is 0.667. The lowest BCUT2D eigenvalue weighted by Gasteiger charge is -2.10.